The lowest BCUT2D eigenvalue weighted by molar-refractivity contribution is 0.468. The number of aryl methyl sites for hydroxylation is 1. The van der Waals surface area contributed by atoms with Crippen LogP contribution in [0.15, 0.2) is 59.5 Å². The van der Waals surface area contributed by atoms with Crippen molar-refractivity contribution in [3.05, 3.63) is 65.7 Å². The first-order valence-corrected chi connectivity index (χ1v) is 10.1. The molecule has 0 bridgehead atoms. The number of benzene rings is 2. The average Bonchev–Trinajstić information content (AvgIpc) is 2.90. The van der Waals surface area contributed by atoms with Crippen molar-refractivity contribution >= 4 is 38.3 Å². The quantitative estimate of drug-likeness (QED) is 0.778. The third-order valence-electron chi connectivity index (χ3n) is 3.80. The van der Waals surface area contributed by atoms with E-state index in [4.69, 9.17) is 12.2 Å². The Morgan fingerprint density at radius 2 is 1.78 bits per heavy atom. The molecule has 3 nitrogen and oxygen atoms in total. The summed E-state index contributed by atoms with van der Waals surface area (Å²) in [5.41, 5.74) is 2.15. The molecule has 0 radical (unpaired) electrons. The molecule has 1 aliphatic rings. The fourth-order valence-electron chi connectivity index (χ4n) is 2.59. The smallest absolute Gasteiger partial charge is 0.246 e. The summed E-state index contributed by atoms with van der Waals surface area (Å²) < 4.78 is 27.8. The van der Waals surface area contributed by atoms with Crippen LogP contribution in [0, 0.1) is 6.92 Å². The van der Waals surface area contributed by atoms with E-state index in [2.05, 4.69) is 0 Å². The van der Waals surface area contributed by atoms with Gasteiger partial charge in [0.05, 0.1) is 10.9 Å². The lowest BCUT2D eigenvalue weighted by Gasteiger charge is -2.25. The van der Waals surface area contributed by atoms with Gasteiger partial charge in [0.25, 0.3) is 10.0 Å². The summed E-state index contributed by atoms with van der Waals surface area (Å²) in [7, 11) is -3.60. The molecule has 0 aromatic heterocycles. The summed E-state index contributed by atoms with van der Waals surface area (Å²) in [5, 5.41) is 0. The van der Waals surface area contributed by atoms with Crippen LogP contribution in [0.5, 0.6) is 0 Å². The van der Waals surface area contributed by atoms with E-state index in [0.717, 1.165) is 11.1 Å². The van der Waals surface area contributed by atoms with E-state index in [9.17, 15) is 8.42 Å². The first-order chi connectivity index (χ1) is 11.0. The van der Waals surface area contributed by atoms with Gasteiger partial charge in [-0.15, -0.1) is 0 Å². The molecule has 1 aliphatic heterocycles. The number of nitrogens with zero attached hydrogens (tertiary/aromatic N) is 1. The molecule has 120 valence electrons. The van der Waals surface area contributed by atoms with E-state index in [1.165, 1.54) is 16.1 Å². The minimum absolute atomic E-state index is 0.138. The summed E-state index contributed by atoms with van der Waals surface area (Å²) in [6.45, 7) is 1.94. The first-order valence-electron chi connectivity index (χ1n) is 7.30. The van der Waals surface area contributed by atoms with Crippen molar-refractivity contribution in [3.63, 3.8) is 0 Å². The molecule has 0 spiro atoms. The minimum Gasteiger partial charge on any atom is -0.246 e. The molecule has 2 aromatic carbocycles. The Hall–Kier alpha value is -1.37. The maximum atomic E-state index is 13.0. The predicted molar refractivity (Wildman–Crippen MR) is 99.2 cm³/mol. The van der Waals surface area contributed by atoms with Gasteiger partial charge in [-0.1, -0.05) is 72.0 Å². The monoisotopic (exact) mass is 363 g/mol. The lowest BCUT2D eigenvalue weighted by Crippen LogP contribution is -2.39. The van der Waals surface area contributed by atoms with Crippen molar-refractivity contribution in [3.8, 4) is 0 Å². The third-order valence-corrected chi connectivity index (χ3v) is 7.45. The highest BCUT2D eigenvalue weighted by Crippen LogP contribution is 2.32. The second kappa shape index (κ2) is 6.63. The average molecular weight is 364 g/mol. The molecule has 2 aromatic rings. The Morgan fingerprint density at radius 3 is 2.43 bits per heavy atom. The second-order valence-electron chi connectivity index (χ2n) is 5.53. The number of thiocarbonyl (C=S) groups is 1. The van der Waals surface area contributed by atoms with Crippen molar-refractivity contribution in [1.29, 1.82) is 0 Å². The Balaban J connectivity index is 1.91. The molecular formula is C17H17NO2S3. The molecule has 0 aliphatic carbocycles. The molecule has 23 heavy (non-hydrogen) atoms. The van der Waals surface area contributed by atoms with Gasteiger partial charge in [0, 0.05) is 5.75 Å². The highest BCUT2D eigenvalue weighted by Gasteiger charge is 2.38. The summed E-state index contributed by atoms with van der Waals surface area (Å²) in [5.74, 6) is 0.693. The fourth-order valence-corrected chi connectivity index (χ4v) is 6.11. The summed E-state index contributed by atoms with van der Waals surface area (Å²) in [6.07, 6.45) is 0.666. The summed E-state index contributed by atoms with van der Waals surface area (Å²) >= 11 is 6.75. The highest BCUT2D eigenvalue weighted by atomic mass is 32.2. The van der Waals surface area contributed by atoms with E-state index >= 15 is 0 Å². The maximum absolute atomic E-state index is 13.0. The highest BCUT2D eigenvalue weighted by molar-refractivity contribution is 8.24. The number of thioether (sulfide) groups is 1. The van der Waals surface area contributed by atoms with Crippen molar-refractivity contribution in [2.24, 2.45) is 0 Å². The van der Waals surface area contributed by atoms with Crippen LogP contribution in [0.3, 0.4) is 0 Å². The van der Waals surface area contributed by atoms with Crippen LogP contribution in [-0.4, -0.2) is 28.8 Å². The molecule has 1 atom stereocenters. The Morgan fingerprint density at radius 1 is 1.13 bits per heavy atom. The van der Waals surface area contributed by atoms with Crippen LogP contribution in [0.4, 0.5) is 0 Å². The van der Waals surface area contributed by atoms with E-state index in [1.54, 1.807) is 12.1 Å². The molecule has 0 N–H and O–H groups in total. The van der Waals surface area contributed by atoms with E-state index in [0.29, 0.717) is 21.4 Å². The van der Waals surface area contributed by atoms with Gasteiger partial charge < -0.3 is 0 Å². The maximum Gasteiger partial charge on any atom is 0.265 e. The van der Waals surface area contributed by atoms with E-state index in [-0.39, 0.29) is 6.04 Å². The molecule has 1 fully saturated rings. The van der Waals surface area contributed by atoms with Gasteiger partial charge in [-0.25, -0.2) is 12.7 Å². The van der Waals surface area contributed by atoms with Gasteiger partial charge in [0.1, 0.15) is 0 Å². The van der Waals surface area contributed by atoms with E-state index in [1.807, 2.05) is 49.4 Å². The van der Waals surface area contributed by atoms with Crippen LogP contribution in [0.2, 0.25) is 0 Å². The van der Waals surface area contributed by atoms with Gasteiger partial charge in [-0.05, 0) is 31.0 Å². The summed E-state index contributed by atoms with van der Waals surface area (Å²) in [4.78, 5) is 0.297. The van der Waals surface area contributed by atoms with Crippen LogP contribution in [0.25, 0.3) is 0 Å². The Bertz CT molecular complexity index is 801. The third kappa shape index (κ3) is 3.44. The first kappa shape index (κ1) is 16.5. The zero-order valence-electron chi connectivity index (χ0n) is 12.7. The fraction of sp³-hybridized carbons (Fsp3) is 0.235. The number of hydrogen-bond donors (Lipinski definition) is 0. The van der Waals surface area contributed by atoms with Crippen LogP contribution in [-0.2, 0) is 16.4 Å². The number of sulfonamides is 1. The number of rotatable bonds is 4. The molecule has 0 amide bonds. The van der Waals surface area contributed by atoms with Gasteiger partial charge in [0.2, 0.25) is 0 Å². The van der Waals surface area contributed by atoms with Gasteiger partial charge in [0.15, 0.2) is 4.32 Å². The SMILES string of the molecule is Cc1ccc(S(=O)(=O)N2C(=S)SCC2Cc2ccccc2)cc1. The zero-order valence-corrected chi connectivity index (χ0v) is 15.1. The molecule has 1 heterocycles. The van der Waals surface area contributed by atoms with Gasteiger partial charge in [-0.3, -0.25) is 0 Å². The van der Waals surface area contributed by atoms with Crippen LogP contribution in [0.1, 0.15) is 11.1 Å². The topological polar surface area (TPSA) is 37.4 Å². The second-order valence-corrected chi connectivity index (χ2v) is 9.00. The van der Waals surface area contributed by atoms with Crippen LogP contribution >= 0.6 is 24.0 Å². The summed E-state index contributed by atoms with van der Waals surface area (Å²) in [6, 6.07) is 16.7. The molecular weight excluding hydrogens is 346 g/mol. The molecule has 1 saturated heterocycles. The van der Waals surface area contributed by atoms with Crippen molar-refractivity contribution in [2.75, 3.05) is 5.75 Å². The Labute approximate surface area is 146 Å². The normalized spacial score (nSPS) is 18.4. The standard InChI is InChI=1S/C17H17NO2S3/c1-13-7-9-16(10-8-13)23(19,20)18-15(12-22-17(18)21)11-14-5-3-2-4-6-14/h2-10,15H,11-12H2,1H3. The number of hydrogen-bond acceptors (Lipinski definition) is 4. The minimum atomic E-state index is -3.60. The van der Waals surface area contributed by atoms with Crippen LogP contribution < -0.4 is 0 Å². The largest absolute Gasteiger partial charge is 0.265 e. The molecule has 3 rings (SSSR count). The van der Waals surface area contributed by atoms with Crippen molar-refractivity contribution in [2.45, 2.75) is 24.3 Å². The van der Waals surface area contributed by atoms with Gasteiger partial charge >= 0.3 is 0 Å². The molecule has 6 heteroatoms. The Kier molecular flexibility index (Phi) is 4.75. The zero-order chi connectivity index (χ0) is 16.4. The lowest BCUT2D eigenvalue weighted by atomic mass is 10.1. The van der Waals surface area contributed by atoms with Gasteiger partial charge in [-0.2, -0.15) is 0 Å². The van der Waals surface area contributed by atoms with E-state index < -0.39 is 10.0 Å². The molecule has 0 saturated carbocycles. The van der Waals surface area contributed by atoms with Crippen molar-refractivity contribution < 1.29 is 8.42 Å². The molecule has 1 unspecified atom stereocenters. The van der Waals surface area contributed by atoms with Crippen molar-refractivity contribution in [1.82, 2.24) is 4.31 Å². The predicted octanol–water partition coefficient (Wildman–Crippen LogP) is 3.63.